The maximum atomic E-state index is 13.3. The van der Waals surface area contributed by atoms with Crippen LogP contribution >= 0.6 is 0 Å². The zero-order chi connectivity index (χ0) is 25.6. The Labute approximate surface area is 218 Å². The Balaban J connectivity index is 1.41. The molecular weight excluding hydrogens is 464 g/mol. The van der Waals surface area contributed by atoms with Crippen molar-refractivity contribution in [1.82, 2.24) is 15.3 Å². The van der Waals surface area contributed by atoms with Gasteiger partial charge in [0, 0.05) is 32.2 Å². The molecule has 2 fully saturated rings. The standard InChI is InChI=1S/C29H34N6O2/c1-2-37-26-15-9-8-14-25(26)34-16-18-35(19-17-34)28-27(32-23-12-6-7-13-24(23)33-28)22(20-30)29(36)31-21-10-4-3-5-11-21/h6-9,12-15,21-22H,2-5,10-11,16-19H2,1H3,(H,31,36)/t22-/m1/s1. The van der Waals surface area contributed by atoms with E-state index in [1.807, 2.05) is 49.4 Å². The molecule has 1 atom stereocenters. The van der Waals surface area contributed by atoms with Gasteiger partial charge in [0.2, 0.25) is 5.91 Å². The SMILES string of the molecule is CCOc1ccccc1N1CCN(c2nc3ccccc3nc2[C@@H](C#N)C(=O)NC2CCCCC2)CC1. The van der Waals surface area contributed by atoms with E-state index < -0.39 is 5.92 Å². The number of hydrogen-bond donors (Lipinski definition) is 1. The Morgan fingerprint density at radius 3 is 2.35 bits per heavy atom. The van der Waals surface area contributed by atoms with E-state index in [2.05, 4.69) is 27.3 Å². The number of piperazine rings is 1. The molecule has 3 aromatic rings. The lowest BCUT2D eigenvalue weighted by atomic mass is 9.94. The minimum Gasteiger partial charge on any atom is -0.492 e. The Morgan fingerprint density at radius 1 is 1.00 bits per heavy atom. The van der Waals surface area contributed by atoms with Gasteiger partial charge in [0.25, 0.3) is 0 Å². The van der Waals surface area contributed by atoms with Gasteiger partial charge in [-0.1, -0.05) is 43.5 Å². The number of nitrogens with one attached hydrogen (secondary N) is 1. The Kier molecular flexibility index (Phi) is 7.69. The summed E-state index contributed by atoms with van der Waals surface area (Å²) in [5.74, 6) is 0.227. The van der Waals surface area contributed by atoms with E-state index in [9.17, 15) is 10.1 Å². The quantitative estimate of drug-likeness (QED) is 0.516. The van der Waals surface area contributed by atoms with Crippen LogP contribution in [0.1, 0.15) is 50.6 Å². The molecule has 1 aromatic heterocycles. The monoisotopic (exact) mass is 498 g/mol. The zero-order valence-corrected chi connectivity index (χ0v) is 21.4. The molecule has 37 heavy (non-hydrogen) atoms. The van der Waals surface area contributed by atoms with Gasteiger partial charge in [-0.25, -0.2) is 9.97 Å². The number of carbonyl (C=O) groups is 1. The Hall–Kier alpha value is -3.86. The van der Waals surface area contributed by atoms with Gasteiger partial charge >= 0.3 is 0 Å². The summed E-state index contributed by atoms with van der Waals surface area (Å²) in [6.45, 7) is 5.54. The van der Waals surface area contributed by atoms with Crippen LogP contribution in [-0.4, -0.2) is 54.7 Å². The molecule has 1 N–H and O–H groups in total. The third-order valence-electron chi connectivity index (χ3n) is 7.28. The molecule has 0 radical (unpaired) electrons. The zero-order valence-electron chi connectivity index (χ0n) is 21.4. The molecule has 2 aromatic carbocycles. The topological polar surface area (TPSA) is 94.4 Å². The first-order chi connectivity index (χ1) is 18.2. The van der Waals surface area contributed by atoms with Crippen molar-refractivity contribution in [3.63, 3.8) is 0 Å². The number of anilines is 2. The molecule has 1 saturated heterocycles. The van der Waals surface area contributed by atoms with E-state index in [-0.39, 0.29) is 11.9 Å². The number of aromatic nitrogens is 2. The van der Waals surface area contributed by atoms with Crippen LogP contribution in [0, 0.1) is 11.3 Å². The van der Waals surface area contributed by atoms with Crippen molar-refractivity contribution in [1.29, 1.82) is 5.26 Å². The lowest BCUT2D eigenvalue weighted by Crippen LogP contribution is -2.47. The van der Waals surface area contributed by atoms with Crippen molar-refractivity contribution in [3.05, 3.63) is 54.2 Å². The summed E-state index contributed by atoms with van der Waals surface area (Å²) in [6, 6.07) is 18.1. The van der Waals surface area contributed by atoms with E-state index in [0.717, 1.165) is 55.7 Å². The van der Waals surface area contributed by atoms with Crippen LogP contribution in [0.3, 0.4) is 0 Å². The van der Waals surface area contributed by atoms with Crippen LogP contribution < -0.4 is 19.9 Å². The molecule has 0 unspecified atom stereocenters. The highest BCUT2D eigenvalue weighted by Gasteiger charge is 2.32. The van der Waals surface area contributed by atoms with Crippen LogP contribution in [0.2, 0.25) is 0 Å². The van der Waals surface area contributed by atoms with Crippen molar-refractivity contribution < 1.29 is 9.53 Å². The van der Waals surface area contributed by atoms with E-state index in [1.54, 1.807) is 0 Å². The number of nitriles is 1. The summed E-state index contributed by atoms with van der Waals surface area (Å²) in [4.78, 5) is 27.5. The normalized spacial score (nSPS) is 17.3. The number of para-hydroxylation sites is 4. The summed E-state index contributed by atoms with van der Waals surface area (Å²) in [5.41, 5.74) is 2.97. The van der Waals surface area contributed by atoms with Crippen LogP contribution in [-0.2, 0) is 4.79 Å². The number of nitrogens with zero attached hydrogens (tertiary/aromatic N) is 5. The van der Waals surface area contributed by atoms with Crippen LogP contribution in [0.4, 0.5) is 11.5 Å². The fourth-order valence-electron chi connectivity index (χ4n) is 5.36. The predicted molar refractivity (Wildman–Crippen MR) is 145 cm³/mol. The van der Waals surface area contributed by atoms with Crippen LogP contribution in [0.5, 0.6) is 5.75 Å². The van der Waals surface area contributed by atoms with Crippen molar-refractivity contribution in [2.75, 3.05) is 42.6 Å². The summed E-state index contributed by atoms with van der Waals surface area (Å²) in [6.07, 6.45) is 5.35. The Morgan fingerprint density at radius 2 is 1.65 bits per heavy atom. The third-order valence-corrected chi connectivity index (χ3v) is 7.28. The highest BCUT2D eigenvalue weighted by molar-refractivity contribution is 5.89. The van der Waals surface area contributed by atoms with Crippen molar-refractivity contribution in [2.24, 2.45) is 0 Å². The average Bonchev–Trinajstić information content (AvgIpc) is 2.94. The minimum atomic E-state index is -1.01. The molecule has 8 heteroatoms. The van der Waals surface area contributed by atoms with Gasteiger partial charge in [-0.2, -0.15) is 5.26 Å². The van der Waals surface area contributed by atoms with Gasteiger partial charge in [0.05, 0.1) is 29.4 Å². The molecule has 1 aliphatic carbocycles. The van der Waals surface area contributed by atoms with Gasteiger partial charge in [0.15, 0.2) is 11.7 Å². The number of benzene rings is 2. The summed E-state index contributed by atoms with van der Waals surface area (Å²) < 4.78 is 5.85. The number of ether oxygens (including phenoxy) is 1. The highest BCUT2D eigenvalue weighted by Crippen LogP contribution is 2.32. The molecule has 1 amide bonds. The molecular formula is C29H34N6O2. The van der Waals surface area contributed by atoms with Crippen molar-refractivity contribution in [3.8, 4) is 11.8 Å². The predicted octanol–water partition coefficient (Wildman–Crippen LogP) is 4.41. The number of amides is 1. The fourth-order valence-corrected chi connectivity index (χ4v) is 5.36. The van der Waals surface area contributed by atoms with Gasteiger partial charge in [-0.3, -0.25) is 4.79 Å². The Bertz CT molecular complexity index is 1270. The second-order valence-corrected chi connectivity index (χ2v) is 9.70. The largest absolute Gasteiger partial charge is 0.492 e. The fraction of sp³-hybridized carbons (Fsp3) is 0.448. The number of carbonyl (C=O) groups excluding carboxylic acids is 1. The molecule has 192 valence electrons. The molecule has 2 aliphatic rings. The lowest BCUT2D eigenvalue weighted by molar-refractivity contribution is -0.122. The average molecular weight is 499 g/mol. The van der Waals surface area contributed by atoms with E-state index >= 15 is 0 Å². The van der Waals surface area contributed by atoms with E-state index in [0.29, 0.717) is 36.7 Å². The summed E-state index contributed by atoms with van der Waals surface area (Å²) >= 11 is 0. The van der Waals surface area contributed by atoms with Gasteiger partial charge in [-0.15, -0.1) is 0 Å². The first-order valence-corrected chi connectivity index (χ1v) is 13.4. The van der Waals surface area contributed by atoms with Gasteiger partial charge in [-0.05, 0) is 44.0 Å². The van der Waals surface area contributed by atoms with Crippen LogP contribution in [0.25, 0.3) is 11.0 Å². The number of fused-ring (bicyclic) bond motifs is 1. The first-order valence-electron chi connectivity index (χ1n) is 13.4. The molecule has 8 nitrogen and oxygen atoms in total. The van der Waals surface area contributed by atoms with Gasteiger partial charge in [0.1, 0.15) is 11.4 Å². The first kappa shape index (κ1) is 24.8. The second-order valence-electron chi connectivity index (χ2n) is 9.70. The molecule has 2 heterocycles. The minimum absolute atomic E-state index is 0.128. The summed E-state index contributed by atoms with van der Waals surface area (Å²) in [5, 5.41) is 13.3. The molecule has 0 bridgehead atoms. The molecule has 1 saturated carbocycles. The van der Waals surface area contributed by atoms with E-state index in [1.165, 1.54) is 6.42 Å². The van der Waals surface area contributed by atoms with Crippen LogP contribution in [0.15, 0.2) is 48.5 Å². The maximum absolute atomic E-state index is 13.3. The van der Waals surface area contributed by atoms with Crippen molar-refractivity contribution in [2.45, 2.75) is 51.0 Å². The number of hydrogen-bond acceptors (Lipinski definition) is 7. The maximum Gasteiger partial charge on any atom is 0.243 e. The van der Waals surface area contributed by atoms with Crippen molar-refractivity contribution >= 4 is 28.4 Å². The van der Waals surface area contributed by atoms with E-state index in [4.69, 9.17) is 14.7 Å². The molecule has 0 spiro atoms. The number of rotatable bonds is 7. The second kappa shape index (κ2) is 11.5. The smallest absolute Gasteiger partial charge is 0.243 e. The third kappa shape index (κ3) is 5.46. The molecule has 1 aliphatic heterocycles. The van der Waals surface area contributed by atoms with Gasteiger partial charge < -0.3 is 19.9 Å². The lowest BCUT2D eigenvalue weighted by Gasteiger charge is -2.38. The highest BCUT2D eigenvalue weighted by atomic mass is 16.5. The summed E-state index contributed by atoms with van der Waals surface area (Å²) in [7, 11) is 0. The molecule has 5 rings (SSSR count).